The highest BCUT2D eigenvalue weighted by Gasteiger charge is 2.33. The van der Waals surface area contributed by atoms with Crippen molar-refractivity contribution in [2.75, 3.05) is 75.2 Å². The molecule has 0 atom stereocenters. The summed E-state index contributed by atoms with van der Waals surface area (Å²) in [5, 5.41) is 13.6. The Balaban J connectivity index is 0.000000156. The van der Waals surface area contributed by atoms with Crippen molar-refractivity contribution < 1.29 is 14.7 Å². The van der Waals surface area contributed by atoms with Crippen molar-refractivity contribution in [1.29, 1.82) is 0 Å². The van der Waals surface area contributed by atoms with E-state index in [1.165, 1.54) is 190 Å². The zero-order chi connectivity index (χ0) is 49.3. The van der Waals surface area contributed by atoms with Crippen molar-refractivity contribution in [2.24, 2.45) is 5.73 Å². The number of rotatable bonds is 10. The number of aromatic nitrogens is 2. The van der Waals surface area contributed by atoms with Gasteiger partial charge in [-0.1, -0.05) is 74.6 Å². The van der Waals surface area contributed by atoms with E-state index in [1.807, 2.05) is 36.4 Å². The quantitative estimate of drug-likeness (QED) is 0.141. The molecule has 1 amide bonds. The molecule has 2 saturated carbocycles. The predicted octanol–water partition coefficient (Wildman–Crippen LogP) is 13.4. The summed E-state index contributed by atoms with van der Waals surface area (Å²) < 4.78 is 5.17. The van der Waals surface area contributed by atoms with E-state index in [9.17, 15) is 14.7 Å². The number of nitrogens with zero attached hydrogens (tertiary/aromatic N) is 6. The molecule has 2 aromatic heterocycles. The number of benzene rings is 4. The van der Waals surface area contributed by atoms with Crippen LogP contribution in [0.15, 0.2) is 72.8 Å². The number of anilines is 2. The molecule has 4 fully saturated rings. The van der Waals surface area contributed by atoms with Crippen LogP contribution in [-0.2, 0) is 12.8 Å². The van der Waals surface area contributed by atoms with Crippen molar-refractivity contribution in [3.8, 4) is 22.5 Å². The van der Waals surface area contributed by atoms with Gasteiger partial charge in [-0.3, -0.25) is 4.79 Å². The highest BCUT2D eigenvalue weighted by molar-refractivity contribution is 6.31. The third-order valence-electron chi connectivity index (χ3n) is 17.3. The van der Waals surface area contributed by atoms with Crippen LogP contribution in [0.2, 0.25) is 10.0 Å². The molecule has 6 aromatic rings. The molecule has 2 saturated heterocycles. The Morgan fingerprint density at radius 3 is 1.35 bits per heavy atom. The molecule has 72 heavy (non-hydrogen) atoms. The van der Waals surface area contributed by atoms with E-state index in [-0.39, 0.29) is 5.91 Å². The lowest BCUT2D eigenvalue weighted by molar-refractivity contribution is 0.0696. The van der Waals surface area contributed by atoms with E-state index in [1.54, 1.807) is 6.07 Å². The monoisotopic (exact) mass is 1010 g/mol. The summed E-state index contributed by atoms with van der Waals surface area (Å²) in [5.41, 5.74) is 19.3. The average molecular weight is 1010 g/mol. The van der Waals surface area contributed by atoms with Gasteiger partial charge >= 0.3 is 5.97 Å². The molecule has 0 radical (unpaired) electrons. The smallest absolute Gasteiger partial charge is 0.335 e. The Morgan fingerprint density at radius 2 is 0.917 bits per heavy atom. The largest absolute Gasteiger partial charge is 0.478 e. The van der Waals surface area contributed by atoms with Crippen LogP contribution in [-0.4, -0.2) is 101 Å². The molecule has 10 nitrogen and oxygen atoms in total. The third-order valence-corrected chi connectivity index (χ3v) is 17.7. The SMILES string of the molecule is NC(=O)c1ccc2c(c1)c1c(n2C2CCCCC2)-c2ccc(Cl)cc2N(CCN2CCCCC2)CC1.O=C(O)c1ccc2c(c1)c1c(n2C2CCCCC2)-c2ccc(Cl)cc2N(CCN2CCCCC2)CC1. The molecule has 2 aliphatic carbocycles. The summed E-state index contributed by atoms with van der Waals surface area (Å²) in [5.74, 6) is -1.22. The maximum absolute atomic E-state index is 12.1. The number of amides is 1. The first kappa shape index (κ1) is 49.2. The van der Waals surface area contributed by atoms with Crippen LogP contribution in [0, 0.1) is 0 Å². The number of halogens is 2. The highest BCUT2D eigenvalue weighted by Crippen LogP contribution is 2.48. The number of piperidine rings is 2. The van der Waals surface area contributed by atoms with Gasteiger partial charge in [-0.2, -0.15) is 0 Å². The molecule has 3 N–H and O–H groups in total. The van der Waals surface area contributed by atoms with Gasteiger partial charge in [0.25, 0.3) is 0 Å². The van der Waals surface area contributed by atoms with E-state index in [0.29, 0.717) is 23.2 Å². The van der Waals surface area contributed by atoms with Crippen molar-refractivity contribution in [1.82, 2.24) is 18.9 Å². The van der Waals surface area contributed by atoms with E-state index in [0.717, 1.165) is 67.5 Å². The van der Waals surface area contributed by atoms with E-state index >= 15 is 0 Å². The van der Waals surface area contributed by atoms with Crippen LogP contribution >= 0.6 is 23.2 Å². The number of nitrogens with two attached hydrogens (primary N) is 1. The molecule has 4 aromatic carbocycles. The Kier molecular flexibility index (Phi) is 14.9. The Labute approximate surface area is 436 Å². The average Bonchev–Trinajstić information content (AvgIpc) is 3.79. The van der Waals surface area contributed by atoms with Gasteiger partial charge in [0, 0.05) is 111 Å². The zero-order valence-electron chi connectivity index (χ0n) is 42.2. The fourth-order valence-corrected chi connectivity index (χ4v) is 13.9. The second-order valence-corrected chi connectivity index (χ2v) is 22.6. The third kappa shape index (κ3) is 10.0. The summed E-state index contributed by atoms with van der Waals surface area (Å²) >= 11 is 13.2. The second-order valence-electron chi connectivity index (χ2n) is 21.7. The molecule has 4 aliphatic heterocycles. The number of aromatic carboxylic acids is 1. The number of carboxylic acids is 1. The molecule has 0 spiro atoms. The molecule has 0 bridgehead atoms. The summed E-state index contributed by atoms with van der Waals surface area (Å²) in [4.78, 5) is 34.3. The Morgan fingerprint density at radius 1 is 0.500 bits per heavy atom. The number of fused-ring (bicyclic) bond motifs is 10. The van der Waals surface area contributed by atoms with Crippen LogP contribution in [0.25, 0.3) is 44.3 Å². The van der Waals surface area contributed by atoms with Gasteiger partial charge in [-0.05, 0) is 174 Å². The first-order valence-corrected chi connectivity index (χ1v) is 28.4. The maximum atomic E-state index is 12.1. The van der Waals surface area contributed by atoms with E-state index in [2.05, 4.69) is 59.1 Å². The standard InChI is InChI=1S/C30H37ClN4O.C30H36ClN3O2/c31-22-10-11-25-28(20-22)34(18-17-33-14-5-2-6-15-33)16-13-24-26-19-21(30(32)36)9-12-27(26)35(29(24)25)23-7-3-1-4-8-23;31-22-10-11-25-28(20-22)33(18-17-32-14-5-2-6-15-32)16-13-24-26-19-21(30(35)36)9-12-27(26)34(29(24)25)23-7-3-1-4-8-23/h9-12,19-20,23H,1-8,13-18H2,(H2,32,36);9-12,19-20,23H,1-8,13-18H2,(H,35,36). The van der Waals surface area contributed by atoms with Crippen molar-refractivity contribution >= 4 is 68.3 Å². The van der Waals surface area contributed by atoms with Gasteiger partial charge in [0.2, 0.25) is 5.91 Å². The number of carbonyl (C=O) groups is 2. The summed E-state index contributed by atoms with van der Waals surface area (Å²) in [6.07, 6.45) is 22.2. The molecule has 0 unspecified atom stereocenters. The van der Waals surface area contributed by atoms with Crippen LogP contribution in [0.3, 0.4) is 0 Å². The van der Waals surface area contributed by atoms with E-state index in [4.69, 9.17) is 28.9 Å². The normalized spacial score (nSPS) is 19.2. The van der Waals surface area contributed by atoms with Crippen LogP contribution in [0.4, 0.5) is 11.4 Å². The number of hydrogen-bond acceptors (Lipinski definition) is 6. The van der Waals surface area contributed by atoms with Crippen LogP contribution < -0.4 is 15.5 Å². The summed E-state index contributed by atoms with van der Waals surface area (Å²) in [6.45, 7) is 10.8. The van der Waals surface area contributed by atoms with Gasteiger partial charge < -0.3 is 39.6 Å². The Bertz CT molecular complexity index is 2740. The first-order valence-electron chi connectivity index (χ1n) is 27.6. The first-order chi connectivity index (χ1) is 35.2. The molecule has 6 aliphatic rings. The van der Waals surface area contributed by atoms with Crippen LogP contribution in [0.1, 0.15) is 147 Å². The molecule has 12 rings (SSSR count). The van der Waals surface area contributed by atoms with Gasteiger partial charge in [0.1, 0.15) is 0 Å². The van der Waals surface area contributed by atoms with Gasteiger partial charge in [-0.25, -0.2) is 4.79 Å². The molecule has 12 heteroatoms. The molecular weight excluding hydrogens is 938 g/mol. The summed E-state index contributed by atoms with van der Waals surface area (Å²) in [7, 11) is 0. The number of carboxylic acid groups (broad SMARTS) is 1. The lowest BCUT2D eigenvalue weighted by atomic mass is 9.94. The molecule has 6 heterocycles. The minimum absolute atomic E-state index is 0.361. The zero-order valence-corrected chi connectivity index (χ0v) is 43.7. The van der Waals surface area contributed by atoms with Crippen LogP contribution in [0.5, 0.6) is 0 Å². The lowest BCUT2D eigenvalue weighted by Gasteiger charge is -2.32. The van der Waals surface area contributed by atoms with Crippen molar-refractivity contribution in [2.45, 2.75) is 128 Å². The summed E-state index contributed by atoms with van der Waals surface area (Å²) in [6, 6.07) is 25.5. The lowest BCUT2D eigenvalue weighted by Crippen LogP contribution is -2.38. The fourth-order valence-electron chi connectivity index (χ4n) is 13.6. The van der Waals surface area contributed by atoms with E-state index < -0.39 is 5.97 Å². The topological polar surface area (TPSA) is 103 Å². The molecular formula is C60H73Cl2N7O3. The van der Waals surface area contributed by atoms with Gasteiger partial charge in [0.05, 0.1) is 17.0 Å². The maximum Gasteiger partial charge on any atom is 0.335 e. The fraction of sp³-hybridized carbons (Fsp3) is 0.500. The van der Waals surface area contributed by atoms with Gasteiger partial charge in [0.15, 0.2) is 0 Å². The Hall–Kier alpha value is -5.00. The van der Waals surface area contributed by atoms with Gasteiger partial charge in [-0.15, -0.1) is 0 Å². The van der Waals surface area contributed by atoms with Crippen molar-refractivity contribution in [3.63, 3.8) is 0 Å². The minimum atomic E-state index is -0.861. The second kappa shape index (κ2) is 21.8. The number of likely N-dealkylation sites (tertiary alicyclic amines) is 2. The molecule has 380 valence electrons. The number of hydrogen-bond donors (Lipinski definition) is 2. The number of primary amides is 1. The highest BCUT2D eigenvalue weighted by atomic mass is 35.5. The van der Waals surface area contributed by atoms with Crippen molar-refractivity contribution in [3.05, 3.63) is 105 Å². The minimum Gasteiger partial charge on any atom is -0.478 e. The number of carbonyl (C=O) groups excluding carboxylic acids is 1. The predicted molar refractivity (Wildman–Crippen MR) is 297 cm³/mol.